The van der Waals surface area contributed by atoms with E-state index < -0.39 is 0 Å². The molecule has 0 saturated carbocycles. The fourth-order valence-corrected chi connectivity index (χ4v) is 4.38. The number of anilines is 1. The summed E-state index contributed by atoms with van der Waals surface area (Å²) in [6, 6.07) is 8.12. The Balaban J connectivity index is 1.68. The normalized spacial score (nSPS) is 14.0. The molecule has 3 aromatic heterocycles. The van der Waals surface area contributed by atoms with Crippen molar-refractivity contribution in [2.24, 2.45) is 0 Å². The Morgan fingerprint density at radius 2 is 2.15 bits per heavy atom. The van der Waals surface area contributed by atoms with Crippen LogP contribution in [0.1, 0.15) is 11.4 Å². The molecule has 27 heavy (non-hydrogen) atoms. The highest BCUT2D eigenvalue weighted by atomic mass is 32.1. The molecule has 0 atom stereocenters. The van der Waals surface area contributed by atoms with Crippen molar-refractivity contribution in [2.45, 2.75) is 6.92 Å². The van der Waals surface area contributed by atoms with Crippen LogP contribution in [0.15, 0.2) is 41.0 Å². The molecule has 0 saturated heterocycles. The van der Waals surface area contributed by atoms with Crippen molar-refractivity contribution < 1.29 is 13.6 Å². The third kappa shape index (κ3) is 2.59. The van der Waals surface area contributed by atoms with E-state index in [9.17, 15) is 0 Å². The second-order valence-corrected chi connectivity index (χ2v) is 7.39. The van der Waals surface area contributed by atoms with Crippen LogP contribution in [0.5, 0.6) is 5.75 Å². The average Bonchev–Trinajstić information content (AvgIpc) is 3.22. The number of hydrogen-bond donors (Lipinski definition) is 0. The average molecular weight is 377 g/mol. The van der Waals surface area contributed by atoms with Gasteiger partial charge in [-0.1, -0.05) is 0 Å². The first kappa shape index (κ1) is 16.0. The molecule has 7 heteroatoms. The molecule has 0 amide bonds. The fourth-order valence-electron chi connectivity index (χ4n) is 3.26. The Labute approximate surface area is 159 Å². The third-order valence-corrected chi connectivity index (χ3v) is 5.55. The first-order valence-corrected chi connectivity index (χ1v) is 9.34. The molecule has 0 aliphatic carbocycles. The van der Waals surface area contributed by atoms with Crippen molar-refractivity contribution in [1.82, 2.24) is 9.97 Å². The summed E-state index contributed by atoms with van der Waals surface area (Å²) in [4.78, 5) is 12.2. The number of thiazole rings is 1. The molecule has 0 unspecified atom stereocenters. The van der Waals surface area contributed by atoms with Gasteiger partial charge in [-0.25, -0.2) is 0 Å². The number of allylic oxidation sites excluding steroid dienone is 1. The van der Waals surface area contributed by atoms with E-state index in [1.54, 1.807) is 18.4 Å². The smallest absolute Gasteiger partial charge is 0.388 e. The van der Waals surface area contributed by atoms with Crippen molar-refractivity contribution in [1.29, 1.82) is 0 Å². The number of nitrogens with zero attached hydrogens (tertiary/aromatic N) is 4. The SMILES string of the molecule is COc1ccc2c(c1)sc1nc(/C=c3/nc4c(o3)=CC=CN4C)cc(C)[n+]12. The first-order valence-electron chi connectivity index (χ1n) is 8.52. The van der Waals surface area contributed by atoms with Crippen LogP contribution in [0.25, 0.3) is 27.3 Å². The van der Waals surface area contributed by atoms with Gasteiger partial charge >= 0.3 is 4.96 Å². The maximum Gasteiger partial charge on any atom is 0.388 e. The fraction of sp³-hybridized carbons (Fsp3) is 0.150. The van der Waals surface area contributed by atoms with Crippen LogP contribution < -0.4 is 25.0 Å². The summed E-state index contributed by atoms with van der Waals surface area (Å²) in [5.74, 6) is 1.66. The van der Waals surface area contributed by atoms with Gasteiger partial charge in [0.2, 0.25) is 5.55 Å². The summed E-state index contributed by atoms with van der Waals surface area (Å²) in [6.45, 7) is 2.08. The van der Waals surface area contributed by atoms with Crippen molar-refractivity contribution in [3.63, 3.8) is 0 Å². The van der Waals surface area contributed by atoms with Crippen molar-refractivity contribution in [2.75, 3.05) is 19.1 Å². The van der Waals surface area contributed by atoms with E-state index in [2.05, 4.69) is 22.4 Å². The lowest BCUT2D eigenvalue weighted by atomic mass is 10.3. The van der Waals surface area contributed by atoms with Gasteiger partial charge < -0.3 is 14.1 Å². The van der Waals surface area contributed by atoms with Crippen molar-refractivity contribution >= 4 is 44.5 Å². The molecule has 1 aromatic carbocycles. The number of ether oxygens (including phenoxy) is 1. The quantitative estimate of drug-likeness (QED) is 0.500. The van der Waals surface area contributed by atoms with E-state index >= 15 is 0 Å². The molecule has 0 fully saturated rings. The van der Waals surface area contributed by atoms with Gasteiger partial charge in [0.25, 0.3) is 0 Å². The minimum Gasteiger partial charge on any atom is -0.497 e. The first-order chi connectivity index (χ1) is 13.1. The standard InChI is InChI=1S/C20H17N4O2S/c1-12-9-13(10-18-22-19-16(26-18)5-4-8-23(19)2)21-20-24(12)15-7-6-14(25-3)11-17(15)27-20/h4-11H,1-3H3/q+1. The van der Waals surface area contributed by atoms with Gasteiger partial charge in [-0.2, -0.15) is 9.38 Å². The van der Waals surface area contributed by atoms with E-state index in [0.29, 0.717) is 5.55 Å². The molecule has 134 valence electrons. The van der Waals surface area contributed by atoms with Gasteiger partial charge in [0.1, 0.15) is 11.4 Å². The summed E-state index contributed by atoms with van der Waals surface area (Å²) >= 11 is 1.63. The van der Waals surface area contributed by atoms with Crippen molar-refractivity contribution in [3.8, 4) is 5.75 Å². The van der Waals surface area contributed by atoms with E-state index in [1.165, 1.54) is 0 Å². The van der Waals surface area contributed by atoms with E-state index in [1.807, 2.05) is 54.6 Å². The van der Waals surface area contributed by atoms with Crippen LogP contribution in [-0.4, -0.2) is 24.1 Å². The lowest BCUT2D eigenvalue weighted by molar-refractivity contribution is -0.488. The number of aromatic nitrogens is 3. The number of aryl methyl sites for hydroxylation is 1. The van der Waals surface area contributed by atoms with Crippen molar-refractivity contribution in [3.05, 3.63) is 58.9 Å². The van der Waals surface area contributed by atoms with E-state index in [0.717, 1.165) is 43.5 Å². The lowest BCUT2D eigenvalue weighted by Gasteiger charge is -2.10. The summed E-state index contributed by atoms with van der Waals surface area (Å²) in [6.07, 6.45) is 7.67. The monoisotopic (exact) mass is 377 g/mol. The van der Waals surface area contributed by atoms with Crippen LogP contribution in [-0.2, 0) is 0 Å². The molecule has 0 spiro atoms. The van der Waals surface area contributed by atoms with Crippen LogP contribution in [0.4, 0.5) is 5.82 Å². The van der Waals surface area contributed by atoms with Crippen LogP contribution in [0.2, 0.25) is 0 Å². The number of rotatable bonds is 2. The predicted octanol–water partition coefficient (Wildman–Crippen LogP) is 1.91. The molecule has 4 heterocycles. The number of methoxy groups -OCH3 is 1. The van der Waals surface area contributed by atoms with E-state index in [4.69, 9.17) is 14.1 Å². The number of oxazole rings is 1. The zero-order chi connectivity index (χ0) is 18.5. The maximum atomic E-state index is 5.85. The van der Waals surface area contributed by atoms with Gasteiger partial charge in [0, 0.05) is 25.4 Å². The number of fused-ring (bicyclic) bond motifs is 4. The van der Waals surface area contributed by atoms with Gasteiger partial charge in [0.15, 0.2) is 22.4 Å². The van der Waals surface area contributed by atoms with Gasteiger partial charge in [0.05, 0.1) is 17.9 Å². The van der Waals surface area contributed by atoms with Gasteiger partial charge in [-0.3, -0.25) is 0 Å². The Morgan fingerprint density at radius 3 is 2.96 bits per heavy atom. The highest BCUT2D eigenvalue weighted by molar-refractivity contribution is 7.22. The minimum absolute atomic E-state index is 0.547. The Hall–Kier alpha value is -3.19. The molecule has 1 aliphatic rings. The second-order valence-electron chi connectivity index (χ2n) is 6.38. The Kier molecular flexibility index (Phi) is 3.51. The minimum atomic E-state index is 0.547. The van der Waals surface area contributed by atoms with E-state index in [-0.39, 0.29) is 0 Å². The topological polar surface area (TPSA) is 55.5 Å². The molecule has 0 N–H and O–H groups in total. The number of hydrogen-bond acceptors (Lipinski definition) is 6. The molecule has 6 nitrogen and oxygen atoms in total. The summed E-state index contributed by atoms with van der Waals surface area (Å²) in [5, 5.41) is 0. The van der Waals surface area contributed by atoms with Crippen LogP contribution in [0, 0.1) is 6.92 Å². The Bertz CT molecular complexity index is 1350. The van der Waals surface area contributed by atoms with Crippen LogP contribution >= 0.6 is 11.3 Å². The molecule has 4 aromatic rings. The predicted molar refractivity (Wildman–Crippen MR) is 105 cm³/mol. The largest absolute Gasteiger partial charge is 0.497 e. The zero-order valence-electron chi connectivity index (χ0n) is 15.1. The molecule has 0 bridgehead atoms. The number of benzene rings is 1. The highest BCUT2D eigenvalue weighted by Gasteiger charge is 2.18. The summed E-state index contributed by atoms with van der Waals surface area (Å²) in [7, 11) is 3.63. The zero-order valence-corrected chi connectivity index (χ0v) is 15.9. The molecule has 5 rings (SSSR count). The second kappa shape index (κ2) is 5.92. The maximum absolute atomic E-state index is 5.85. The van der Waals surface area contributed by atoms with Crippen LogP contribution in [0.3, 0.4) is 0 Å². The summed E-state index contributed by atoms with van der Waals surface area (Å²) < 4.78 is 14.5. The molecule has 0 radical (unpaired) electrons. The summed E-state index contributed by atoms with van der Waals surface area (Å²) in [5.41, 5.74) is 4.35. The third-order valence-electron chi connectivity index (χ3n) is 4.55. The molecular weight excluding hydrogens is 360 g/mol. The Morgan fingerprint density at radius 1 is 1.26 bits per heavy atom. The van der Waals surface area contributed by atoms with Gasteiger partial charge in [-0.05, 0) is 47.5 Å². The van der Waals surface area contributed by atoms with Gasteiger partial charge in [-0.15, -0.1) is 0 Å². The highest BCUT2D eigenvalue weighted by Crippen LogP contribution is 2.25. The lowest BCUT2D eigenvalue weighted by Crippen LogP contribution is -2.25. The molecular formula is C20H17N4O2S+. The molecule has 1 aliphatic heterocycles.